The SMILES string of the molecule is CC1CCC(NC(=O)OC(C)(C)C)CN1c1cccc(Br)n1. The first-order valence-corrected chi connectivity index (χ1v) is 8.42. The van der Waals surface area contributed by atoms with E-state index in [1.54, 1.807) is 0 Å². The zero-order chi connectivity index (χ0) is 16.3. The molecule has 2 heterocycles. The molecule has 2 rings (SSSR count). The molecular formula is C16H24BrN3O2. The first-order chi connectivity index (χ1) is 10.2. The third-order valence-corrected chi connectivity index (χ3v) is 4.04. The van der Waals surface area contributed by atoms with Gasteiger partial charge in [-0.2, -0.15) is 0 Å². The van der Waals surface area contributed by atoms with Crippen molar-refractivity contribution in [2.45, 2.75) is 58.2 Å². The predicted molar refractivity (Wildman–Crippen MR) is 91.1 cm³/mol. The molecule has 2 atom stereocenters. The number of nitrogens with one attached hydrogen (secondary N) is 1. The number of carbonyl (C=O) groups is 1. The number of amides is 1. The second-order valence-corrected chi connectivity index (χ2v) is 7.55. The van der Waals surface area contributed by atoms with Crippen LogP contribution in [-0.4, -0.2) is 35.3 Å². The lowest BCUT2D eigenvalue weighted by Gasteiger charge is -2.39. The van der Waals surface area contributed by atoms with E-state index >= 15 is 0 Å². The summed E-state index contributed by atoms with van der Waals surface area (Å²) < 4.78 is 6.15. The van der Waals surface area contributed by atoms with Gasteiger partial charge in [-0.1, -0.05) is 6.07 Å². The van der Waals surface area contributed by atoms with E-state index in [2.05, 4.69) is 38.1 Å². The van der Waals surface area contributed by atoms with E-state index in [1.807, 2.05) is 39.0 Å². The van der Waals surface area contributed by atoms with Crippen molar-refractivity contribution in [1.29, 1.82) is 0 Å². The number of anilines is 1. The Hall–Kier alpha value is -1.30. The maximum atomic E-state index is 11.9. The lowest BCUT2D eigenvalue weighted by atomic mass is 9.99. The summed E-state index contributed by atoms with van der Waals surface area (Å²) in [5, 5.41) is 2.97. The van der Waals surface area contributed by atoms with Crippen LogP contribution in [0.15, 0.2) is 22.8 Å². The molecule has 1 amide bonds. The van der Waals surface area contributed by atoms with Crippen molar-refractivity contribution >= 4 is 27.8 Å². The molecule has 0 bridgehead atoms. The number of pyridine rings is 1. The van der Waals surface area contributed by atoms with Gasteiger partial charge in [0.2, 0.25) is 0 Å². The average molecular weight is 370 g/mol. The Morgan fingerprint density at radius 3 is 2.77 bits per heavy atom. The zero-order valence-electron chi connectivity index (χ0n) is 13.6. The Morgan fingerprint density at radius 2 is 2.14 bits per heavy atom. The predicted octanol–water partition coefficient (Wildman–Crippen LogP) is 3.73. The summed E-state index contributed by atoms with van der Waals surface area (Å²) in [6, 6.07) is 6.36. The van der Waals surface area contributed by atoms with E-state index in [1.165, 1.54) is 0 Å². The van der Waals surface area contributed by atoms with Gasteiger partial charge in [-0.15, -0.1) is 0 Å². The van der Waals surface area contributed by atoms with Gasteiger partial charge in [0.25, 0.3) is 0 Å². The summed E-state index contributed by atoms with van der Waals surface area (Å²) in [5.74, 6) is 0.928. The number of nitrogens with zero attached hydrogens (tertiary/aromatic N) is 2. The highest BCUT2D eigenvalue weighted by molar-refractivity contribution is 9.10. The molecule has 122 valence electrons. The van der Waals surface area contributed by atoms with Crippen molar-refractivity contribution in [2.75, 3.05) is 11.4 Å². The van der Waals surface area contributed by atoms with Gasteiger partial charge < -0.3 is 15.0 Å². The fourth-order valence-corrected chi connectivity index (χ4v) is 2.91. The number of hydrogen-bond donors (Lipinski definition) is 1. The molecule has 6 heteroatoms. The van der Waals surface area contributed by atoms with Crippen LogP contribution in [0.3, 0.4) is 0 Å². The molecule has 0 spiro atoms. The minimum Gasteiger partial charge on any atom is -0.444 e. The van der Waals surface area contributed by atoms with Crippen molar-refractivity contribution in [3.63, 3.8) is 0 Å². The van der Waals surface area contributed by atoms with Gasteiger partial charge in [-0.05, 0) is 68.6 Å². The van der Waals surface area contributed by atoms with Crippen LogP contribution in [0.2, 0.25) is 0 Å². The van der Waals surface area contributed by atoms with Gasteiger partial charge in [0.15, 0.2) is 0 Å². The maximum absolute atomic E-state index is 11.9. The van der Waals surface area contributed by atoms with E-state index in [0.29, 0.717) is 6.04 Å². The molecule has 1 aliphatic heterocycles. The van der Waals surface area contributed by atoms with Crippen LogP contribution in [0.5, 0.6) is 0 Å². The van der Waals surface area contributed by atoms with Crippen LogP contribution in [0.4, 0.5) is 10.6 Å². The number of aromatic nitrogens is 1. The molecule has 5 nitrogen and oxygen atoms in total. The van der Waals surface area contributed by atoms with Crippen LogP contribution in [0.1, 0.15) is 40.5 Å². The highest BCUT2D eigenvalue weighted by atomic mass is 79.9. The standard InChI is InChI=1S/C16H24BrN3O2/c1-11-8-9-12(18-15(21)22-16(2,3)4)10-20(11)14-7-5-6-13(17)19-14/h5-7,11-12H,8-10H2,1-4H3,(H,18,21). The van der Waals surface area contributed by atoms with Gasteiger partial charge in [-0.25, -0.2) is 9.78 Å². The highest BCUT2D eigenvalue weighted by Crippen LogP contribution is 2.24. The van der Waals surface area contributed by atoms with Crippen molar-refractivity contribution in [3.8, 4) is 0 Å². The number of carbonyl (C=O) groups excluding carboxylic acids is 1. The van der Waals surface area contributed by atoms with Crippen molar-refractivity contribution in [1.82, 2.24) is 10.3 Å². The fourth-order valence-electron chi connectivity index (χ4n) is 2.58. The van der Waals surface area contributed by atoms with E-state index in [4.69, 9.17) is 4.74 Å². The van der Waals surface area contributed by atoms with E-state index in [9.17, 15) is 4.79 Å². The molecule has 1 aromatic rings. The normalized spacial score (nSPS) is 22.3. The molecular weight excluding hydrogens is 346 g/mol. The molecule has 0 aromatic carbocycles. The average Bonchev–Trinajstić information content (AvgIpc) is 2.38. The lowest BCUT2D eigenvalue weighted by Crippen LogP contribution is -2.52. The van der Waals surface area contributed by atoms with Crippen LogP contribution in [-0.2, 0) is 4.74 Å². The fraction of sp³-hybridized carbons (Fsp3) is 0.625. The Kier molecular flexibility index (Phi) is 5.32. The minimum absolute atomic E-state index is 0.0758. The number of hydrogen-bond acceptors (Lipinski definition) is 4. The van der Waals surface area contributed by atoms with Gasteiger partial charge in [-0.3, -0.25) is 0 Å². The molecule has 1 saturated heterocycles. The minimum atomic E-state index is -0.475. The number of ether oxygens (including phenoxy) is 1. The molecule has 0 aliphatic carbocycles. The summed E-state index contributed by atoms with van der Waals surface area (Å²) in [5.41, 5.74) is -0.475. The molecule has 1 fully saturated rings. The molecule has 2 unspecified atom stereocenters. The number of rotatable bonds is 2. The lowest BCUT2D eigenvalue weighted by molar-refractivity contribution is 0.0497. The number of halogens is 1. The number of piperidine rings is 1. The van der Waals surface area contributed by atoms with Crippen molar-refractivity contribution in [3.05, 3.63) is 22.8 Å². The smallest absolute Gasteiger partial charge is 0.407 e. The van der Waals surface area contributed by atoms with Crippen molar-refractivity contribution < 1.29 is 9.53 Å². The number of alkyl carbamates (subject to hydrolysis) is 1. The third kappa shape index (κ3) is 4.87. The molecule has 0 saturated carbocycles. The Bertz CT molecular complexity index is 530. The van der Waals surface area contributed by atoms with Crippen LogP contribution < -0.4 is 10.2 Å². The highest BCUT2D eigenvalue weighted by Gasteiger charge is 2.28. The molecule has 22 heavy (non-hydrogen) atoms. The Morgan fingerprint density at radius 1 is 1.41 bits per heavy atom. The third-order valence-electron chi connectivity index (χ3n) is 3.60. The van der Waals surface area contributed by atoms with Crippen LogP contribution in [0, 0.1) is 0 Å². The summed E-state index contributed by atoms with van der Waals surface area (Å²) in [7, 11) is 0. The van der Waals surface area contributed by atoms with Crippen LogP contribution in [0.25, 0.3) is 0 Å². The van der Waals surface area contributed by atoms with E-state index in [-0.39, 0.29) is 12.1 Å². The first-order valence-electron chi connectivity index (χ1n) is 7.63. The second-order valence-electron chi connectivity index (χ2n) is 6.74. The molecule has 1 aliphatic rings. The van der Waals surface area contributed by atoms with Gasteiger partial charge in [0.1, 0.15) is 16.0 Å². The molecule has 1 aromatic heterocycles. The van der Waals surface area contributed by atoms with Gasteiger partial charge in [0.05, 0.1) is 0 Å². The summed E-state index contributed by atoms with van der Waals surface area (Å²) >= 11 is 3.41. The Balaban J connectivity index is 2.00. The van der Waals surface area contributed by atoms with E-state index in [0.717, 1.165) is 29.8 Å². The monoisotopic (exact) mass is 369 g/mol. The van der Waals surface area contributed by atoms with Gasteiger partial charge in [0, 0.05) is 18.6 Å². The van der Waals surface area contributed by atoms with Crippen LogP contribution >= 0.6 is 15.9 Å². The Labute approximate surface area is 140 Å². The quantitative estimate of drug-likeness (QED) is 0.807. The summed E-state index contributed by atoms with van der Waals surface area (Å²) in [6.07, 6.45) is 1.61. The topological polar surface area (TPSA) is 54.5 Å². The van der Waals surface area contributed by atoms with E-state index < -0.39 is 5.60 Å². The first kappa shape index (κ1) is 17.1. The summed E-state index contributed by atoms with van der Waals surface area (Å²) in [6.45, 7) is 8.53. The summed E-state index contributed by atoms with van der Waals surface area (Å²) in [4.78, 5) is 18.7. The van der Waals surface area contributed by atoms with Crippen molar-refractivity contribution in [2.24, 2.45) is 0 Å². The maximum Gasteiger partial charge on any atom is 0.407 e. The van der Waals surface area contributed by atoms with Gasteiger partial charge >= 0.3 is 6.09 Å². The zero-order valence-corrected chi connectivity index (χ0v) is 15.2. The largest absolute Gasteiger partial charge is 0.444 e. The second kappa shape index (κ2) is 6.86. The molecule has 0 radical (unpaired) electrons. The molecule has 1 N–H and O–H groups in total.